The Bertz CT molecular complexity index is 907. The third-order valence-electron chi connectivity index (χ3n) is 7.04. The van der Waals surface area contributed by atoms with Crippen molar-refractivity contribution in [2.75, 3.05) is 26.2 Å². The molecule has 0 saturated carbocycles. The quantitative estimate of drug-likeness (QED) is 0.573. The standard InChI is InChI=1S/C28H38N2O3/c1-20(2)32-28-21(3)9-10-24-25(28)17-26(33-27(24)18-29-19-31)23-12-15-30(16-13-23)14-11-22-7-5-4-6-8-22/h4-10,19-20,23,26-27H,11-18H2,1-3H3,(H,29,31)/t26-,27-/m0/s1. The van der Waals surface area contributed by atoms with Gasteiger partial charge in [-0.05, 0) is 75.7 Å². The first-order valence-electron chi connectivity index (χ1n) is 12.4. The van der Waals surface area contributed by atoms with Crippen LogP contribution in [0, 0.1) is 12.8 Å². The van der Waals surface area contributed by atoms with Gasteiger partial charge in [0.05, 0.1) is 12.2 Å². The normalized spacial score (nSPS) is 21.6. The summed E-state index contributed by atoms with van der Waals surface area (Å²) in [6.07, 6.45) is 5.19. The van der Waals surface area contributed by atoms with Crippen LogP contribution in [0.3, 0.4) is 0 Å². The summed E-state index contributed by atoms with van der Waals surface area (Å²) in [5.74, 6) is 1.53. The molecule has 2 aromatic carbocycles. The number of amides is 1. The van der Waals surface area contributed by atoms with Crippen molar-refractivity contribution < 1.29 is 14.3 Å². The van der Waals surface area contributed by atoms with Crippen LogP contribution in [0.5, 0.6) is 5.75 Å². The number of benzene rings is 2. The summed E-state index contributed by atoms with van der Waals surface area (Å²) in [7, 11) is 0. The maximum absolute atomic E-state index is 11.0. The van der Waals surface area contributed by atoms with E-state index >= 15 is 0 Å². The monoisotopic (exact) mass is 450 g/mol. The molecule has 1 saturated heterocycles. The van der Waals surface area contributed by atoms with Gasteiger partial charge in [0, 0.05) is 25.1 Å². The fourth-order valence-corrected chi connectivity index (χ4v) is 5.28. The predicted molar refractivity (Wildman–Crippen MR) is 132 cm³/mol. The molecule has 178 valence electrons. The van der Waals surface area contributed by atoms with Gasteiger partial charge in [0.1, 0.15) is 11.9 Å². The van der Waals surface area contributed by atoms with E-state index in [-0.39, 0.29) is 18.3 Å². The topological polar surface area (TPSA) is 50.8 Å². The third-order valence-corrected chi connectivity index (χ3v) is 7.04. The summed E-state index contributed by atoms with van der Waals surface area (Å²) in [6, 6.07) is 15.0. The summed E-state index contributed by atoms with van der Waals surface area (Å²) >= 11 is 0. The van der Waals surface area contributed by atoms with Gasteiger partial charge >= 0.3 is 0 Å². The molecule has 2 atom stereocenters. The Morgan fingerprint density at radius 1 is 1.15 bits per heavy atom. The smallest absolute Gasteiger partial charge is 0.207 e. The Morgan fingerprint density at radius 2 is 1.91 bits per heavy atom. The molecule has 2 aromatic rings. The van der Waals surface area contributed by atoms with Crippen molar-refractivity contribution in [2.45, 2.75) is 64.8 Å². The molecule has 0 unspecified atom stereocenters. The van der Waals surface area contributed by atoms with Crippen LogP contribution in [0.1, 0.15) is 55.0 Å². The number of fused-ring (bicyclic) bond motifs is 1. The van der Waals surface area contributed by atoms with Crippen LogP contribution in [0.4, 0.5) is 0 Å². The van der Waals surface area contributed by atoms with Gasteiger partial charge in [0.25, 0.3) is 0 Å². The third kappa shape index (κ3) is 5.96. The summed E-state index contributed by atoms with van der Waals surface area (Å²) < 4.78 is 12.9. The fourth-order valence-electron chi connectivity index (χ4n) is 5.28. The number of nitrogens with zero attached hydrogens (tertiary/aromatic N) is 1. The van der Waals surface area contributed by atoms with Crippen LogP contribution in [0.2, 0.25) is 0 Å². The largest absolute Gasteiger partial charge is 0.490 e. The molecule has 5 heteroatoms. The van der Waals surface area contributed by atoms with Crippen LogP contribution in [0.15, 0.2) is 42.5 Å². The minimum atomic E-state index is -0.129. The van der Waals surface area contributed by atoms with Gasteiger partial charge in [-0.25, -0.2) is 0 Å². The highest BCUT2D eigenvalue weighted by molar-refractivity contribution is 5.50. The first-order valence-corrected chi connectivity index (χ1v) is 12.4. The average Bonchev–Trinajstić information content (AvgIpc) is 2.83. The molecule has 0 bridgehead atoms. The molecule has 2 heterocycles. The van der Waals surface area contributed by atoms with E-state index in [1.54, 1.807) is 0 Å². The number of ether oxygens (including phenoxy) is 2. The lowest BCUT2D eigenvalue weighted by Gasteiger charge is -2.41. The Hall–Kier alpha value is -2.37. The molecule has 0 aliphatic carbocycles. The summed E-state index contributed by atoms with van der Waals surface area (Å²) in [5.41, 5.74) is 5.00. The molecule has 5 nitrogen and oxygen atoms in total. The van der Waals surface area contributed by atoms with Crippen molar-refractivity contribution in [3.8, 4) is 5.75 Å². The van der Waals surface area contributed by atoms with Crippen molar-refractivity contribution in [3.05, 3.63) is 64.7 Å². The van der Waals surface area contributed by atoms with Gasteiger partial charge in [-0.3, -0.25) is 4.79 Å². The van der Waals surface area contributed by atoms with Crippen LogP contribution in [0.25, 0.3) is 0 Å². The predicted octanol–water partition coefficient (Wildman–Crippen LogP) is 4.47. The van der Waals surface area contributed by atoms with Gasteiger partial charge in [-0.2, -0.15) is 0 Å². The maximum Gasteiger partial charge on any atom is 0.207 e. The zero-order chi connectivity index (χ0) is 23.2. The second-order valence-electron chi connectivity index (χ2n) is 9.75. The van der Waals surface area contributed by atoms with E-state index in [9.17, 15) is 4.79 Å². The van der Waals surface area contributed by atoms with Gasteiger partial charge in [0.2, 0.25) is 6.41 Å². The van der Waals surface area contributed by atoms with E-state index in [1.807, 2.05) is 0 Å². The van der Waals surface area contributed by atoms with E-state index < -0.39 is 0 Å². The fraction of sp³-hybridized carbons (Fsp3) is 0.536. The van der Waals surface area contributed by atoms with E-state index in [2.05, 4.69) is 73.5 Å². The first kappa shape index (κ1) is 23.8. The Morgan fingerprint density at radius 3 is 2.61 bits per heavy atom. The molecule has 33 heavy (non-hydrogen) atoms. The Labute approximate surface area is 198 Å². The Balaban J connectivity index is 1.44. The molecule has 0 spiro atoms. The Kier molecular flexibility index (Phi) is 8.05. The van der Waals surface area contributed by atoms with Crippen molar-refractivity contribution >= 4 is 6.41 Å². The number of hydrogen-bond donors (Lipinski definition) is 1. The molecular weight excluding hydrogens is 412 g/mol. The van der Waals surface area contributed by atoms with Crippen molar-refractivity contribution in [2.24, 2.45) is 5.92 Å². The number of piperidine rings is 1. The highest BCUT2D eigenvalue weighted by Gasteiger charge is 2.36. The van der Waals surface area contributed by atoms with Crippen LogP contribution < -0.4 is 10.1 Å². The van der Waals surface area contributed by atoms with Crippen molar-refractivity contribution in [1.29, 1.82) is 0 Å². The number of aryl methyl sites for hydroxylation is 1. The van der Waals surface area contributed by atoms with E-state index in [0.717, 1.165) is 63.0 Å². The minimum Gasteiger partial charge on any atom is -0.490 e. The zero-order valence-corrected chi connectivity index (χ0v) is 20.3. The summed E-state index contributed by atoms with van der Waals surface area (Å²) in [6.45, 7) is 10.1. The SMILES string of the molecule is Cc1ccc2c(c1OC(C)C)C[C@@H](C1CCN(CCc3ccccc3)CC1)O[C@H]2CNC=O. The molecule has 4 rings (SSSR count). The van der Waals surface area contributed by atoms with Gasteiger partial charge < -0.3 is 19.7 Å². The summed E-state index contributed by atoms with van der Waals surface area (Å²) in [4.78, 5) is 13.6. The molecule has 2 aliphatic rings. The molecule has 2 aliphatic heterocycles. The first-order chi connectivity index (χ1) is 16.0. The molecule has 1 amide bonds. The molecule has 0 radical (unpaired) electrons. The zero-order valence-electron chi connectivity index (χ0n) is 20.3. The summed E-state index contributed by atoms with van der Waals surface area (Å²) in [5, 5.41) is 2.84. The molecule has 1 N–H and O–H groups in total. The van der Waals surface area contributed by atoms with Gasteiger partial charge in [-0.15, -0.1) is 0 Å². The average molecular weight is 451 g/mol. The van der Waals surface area contributed by atoms with Crippen LogP contribution in [-0.2, 0) is 22.4 Å². The second kappa shape index (κ2) is 11.2. The lowest BCUT2D eigenvalue weighted by Crippen LogP contribution is -2.43. The van der Waals surface area contributed by atoms with E-state index in [4.69, 9.17) is 9.47 Å². The van der Waals surface area contributed by atoms with E-state index in [0.29, 0.717) is 12.5 Å². The number of rotatable bonds is 9. The number of carbonyl (C=O) groups excluding carboxylic acids is 1. The lowest BCUT2D eigenvalue weighted by molar-refractivity contribution is -0.111. The number of carbonyl (C=O) groups is 1. The van der Waals surface area contributed by atoms with Crippen LogP contribution >= 0.6 is 0 Å². The molecule has 0 aromatic heterocycles. The second-order valence-corrected chi connectivity index (χ2v) is 9.75. The van der Waals surface area contributed by atoms with Gasteiger partial charge in [-0.1, -0.05) is 42.5 Å². The van der Waals surface area contributed by atoms with Crippen molar-refractivity contribution in [3.63, 3.8) is 0 Å². The molecule has 1 fully saturated rings. The number of likely N-dealkylation sites (tertiary alicyclic amines) is 1. The number of hydrogen-bond acceptors (Lipinski definition) is 4. The van der Waals surface area contributed by atoms with Gasteiger partial charge in [0.15, 0.2) is 0 Å². The highest BCUT2D eigenvalue weighted by atomic mass is 16.5. The molecular formula is C28H38N2O3. The number of nitrogens with one attached hydrogen (secondary N) is 1. The minimum absolute atomic E-state index is 0.121. The van der Waals surface area contributed by atoms with Crippen molar-refractivity contribution in [1.82, 2.24) is 10.2 Å². The highest BCUT2D eigenvalue weighted by Crippen LogP contribution is 2.41. The van der Waals surface area contributed by atoms with E-state index in [1.165, 1.54) is 16.7 Å². The maximum atomic E-state index is 11.0. The van der Waals surface area contributed by atoms with Crippen LogP contribution in [-0.4, -0.2) is 49.7 Å². The lowest BCUT2D eigenvalue weighted by atomic mass is 9.83.